The highest BCUT2D eigenvalue weighted by molar-refractivity contribution is 6.30. The SMILES string of the molecule is C[C@@H]1CN(Cc2ccc(F)cc2)[C@@H](C)CN1C(=O)COc1ccc(F)c(Cl)c1. The molecule has 0 N–H and O–H groups in total. The zero-order valence-corrected chi connectivity index (χ0v) is 16.6. The monoisotopic (exact) mass is 408 g/mol. The molecule has 4 nitrogen and oxygen atoms in total. The number of carbonyl (C=O) groups excluding carboxylic acids is 1. The van der Waals surface area contributed by atoms with E-state index in [0.29, 0.717) is 25.4 Å². The molecule has 0 bridgehead atoms. The summed E-state index contributed by atoms with van der Waals surface area (Å²) in [6, 6.07) is 10.7. The maximum absolute atomic E-state index is 13.2. The maximum atomic E-state index is 13.2. The molecule has 1 fully saturated rings. The second-order valence-corrected chi connectivity index (χ2v) is 7.57. The minimum atomic E-state index is -0.528. The van der Waals surface area contributed by atoms with Gasteiger partial charge in [0.2, 0.25) is 0 Å². The van der Waals surface area contributed by atoms with Crippen LogP contribution in [0.1, 0.15) is 19.4 Å². The molecule has 0 unspecified atom stereocenters. The molecule has 2 atom stereocenters. The van der Waals surface area contributed by atoms with Crippen molar-refractivity contribution in [1.82, 2.24) is 9.80 Å². The first kappa shape index (κ1) is 20.6. The summed E-state index contributed by atoms with van der Waals surface area (Å²) in [5, 5.41) is -0.0404. The third kappa shape index (κ3) is 5.00. The number of benzene rings is 2. The molecule has 3 rings (SSSR count). The summed E-state index contributed by atoms with van der Waals surface area (Å²) in [6.45, 7) is 5.93. The van der Waals surface area contributed by atoms with E-state index in [2.05, 4.69) is 11.8 Å². The molecular formula is C21H23ClF2N2O2. The number of hydrogen-bond donors (Lipinski definition) is 0. The molecule has 0 aromatic heterocycles. The second kappa shape index (κ2) is 8.88. The Morgan fingerprint density at radius 2 is 1.82 bits per heavy atom. The minimum Gasteiger partial charge on any atom is -0.484 e. The third-order valence-corrected chi connectivity index (χ3v) is 5.28. The van der Waals surface area contributed by atoms with Crippen LogP contribution in [0.2, 0.25) is 5.02 Å². The Morgan fingerprint density at radius 3 is 2.50 bits per heavy atom. The van der Waals surface area contributed by atoms with Crippen molar-refractivity contribution in [2.45, 2.75) is 32.5 Å². The molecule has 1 aliphatic rings. The van der Waals surface area contributed by atoms with Crippen LogP contribution in [0.4, 0.5) is 8.78 Å². The molecule has 1 saturated heterocycles. The van der Waals surface area contributed by atoms with Crippen LogP contribution in [0.15, 0.2) is 42.5 Å². The fraction of sp³-hybridized carbons (Fsp3) is 0.381. The smallest absolute Gasteiger partial charge is 0.260 e. The van der Waals surface area contributed by atoms with Crippen LogP contribution in [-0.4, -0.2) is 47.5 Å². The number of amides is 1. The van der Waals surface area contributed by atoms with Crippen LogP contribution in [0, 0.1) is 11.6 Å². The highest BCUT2D eigenvalue weighted by Gasteiger charge is 2.32. The topological polar surface area (TPSA) is 32.8 Å². The van der Waals surface area contributed by atoms with Gasteiger partial charge in [0.25, 0.3) is 5.91 Å². The number of halogens is 3. The summed E-state index contributed by atoms with van der Waals surface area (Å²) >= 11 is 5.73. The van der Waals surface area contributed by atoms with Crippen molar-refractivity contribution < 1.29 is 18.3 Å². The number of piperazine rings is 1. The lowest BCUT2D eigenvalue weighted by atomic mass is 10.1. The fourth-order valence-corrected chi connectivity index (χ4v) is 3.56. The van der Waals surface area contributed by atoms with E-state index in [0.717, 1.165) is 5.56 Å². The number of hydrogen-bond acceptors (Lipinski definition) is 3. The zero-order chi connectivity index (χ0) is 20.3. The van der Waals surface area contributed by atoms with Crippen molar-refractivity contribution >= 4 is 17.5 Å². The van der Waals surface area contributed by atoms with Crippen molar-refractivity contribution in [1.29, 1.82) is 0 Å². The number of rotatable bonds is 5. The van der Waals surface area contributed by atoms with Gasteiger partial charge in [0, 0.05) is 37.8 Å². The van der Waals surface area contributed by atoms with Gasteiger partial charge >= 0.3 is 0 Å². The van der Waals surface area contributed by atoms with E-state index < -0.39 is 5.82 Å². The van der Waals surface area contributed by atoms with E-state index in [1.807, 2.05) is 6.92 Å². The van der Waals surface area contributed by atoms with Gasteiger partial charge in [0.15, 0.2) is 6.61 Å². The lowest BCUT2D eigenvalue weighted by Crippen LogP contribution is -2.58. The Balaban J connectivity index is 1.56. The van der Waals surface area contributed by atoms with Gasteiger partial charge in [0.05, 0.1) is 5.02 Å². The molecule has 1 heterocycles. The minimum absolute atomic E-state index is 0.0181. The molecule has 7 heteroatoms. The molecular weight excluding hydrogens is 386 g/mol. The summed E-state index contributed by atoms with van der Waals surface area (Å²) in [5.41, 5.74) is 1.04. The average Bonchev–Trinajstić information content (AvgIpc) is 2.67. The normalized spacial score (nSPS) is 20.2. The quantitative estimate of drug-likeness (QED) is 0.746. The van der Waals surface area contributed by atoms with Crippen molar-refractivity contribution in [2.24, 2.45) is 0 Å². The predicted octanol–water partition coefficient (Wildman–Crippen LogP) is 4.12. The number of carbonyl (C=O) groups is 1. The summed E-state index contributed by atoms with van der Waals surface area (Å²) in [4.78, 5) is 16.7. The Bertz CT molecular complexity index is 832. The molecule has 1 amide bonds. The Kier molecular flexibility index (Phi) is 6.52. The van der Waals surface area contributed by atoms with Crippen LogP contribution < -0.4 is 4.74 Å². The number of ether oxygens (including phenoxy) is 1. The van der Waals surface area contributed by atoms with E-state index >= 15 is 0 Å². The van der Waals surface area contributed by atoms with Crippen LogP contribution in [0.5, 0.6) is 5.75 Å². The van der Waals surface area contributed by atoms with Crippen LogP contribution >= 0.6 is 11.6 Å². The average molecular weight is 409 g/mol. The molecule has 2 aromatic rings. The molecule has 28 heavy (non-hydrogen) atoms. The van der Waals surface area contributed by atoms with E-state index in [1.165, 1.54) is 30.3 Å². The first-order valence-corrected chi connectivity index (χ1v) is 9.57. The second-order valence-electron chi connectivity index (χ2n) is 7.16. The molecule has 2 aromatic carbocycles. The standard InChI is InChI=1S/C21H23ClF2N2O2/c1-14-11-26(21(27)13-28-18-7-8-20(24)19(22)9-18)15(2)10-25(14)12-16-3-5-17(23)6-4-16/h3-9,14-15H,10-13H2,1-2H3/t14-,15+/m0/s1. The van der Waals surface area contributed by atoms with Crippen LogP contribution in [0.3, 0.4) is 0 Å². The lowest BCUT2D eigenvalue weighted by molar-refractivity contribution is -0.139. The van der Waals surface area contributed by atoms with Gasteiger partial charge in [-0.1, -0.05) is 23.7 Å². The van der Waals surface area contributed by atoms with E-state index in [-0.39, 0.29) is 35.4 Å². The van der Waals surface area contributed by atoms with Gasteiger partial charge in [-0.3, -0.25) is 9.69 Å². The van der Waals surface area contributed by atoms with Gasteiger partial charge in [-0.05, 0) is 43.7 Å². The van der Waals surface area contributed by atoms with Crippen molar-refractivity contribution in [3.63, 3.8) is 0 Å². The van der Waals surface area contributed by atoms with E-state index in [9.17, 15) is 13.6 Å². The van der Waals surface area contributed by atoms with Crippen molar-refractivity contribution in [3.05, 3.63) is 64.7 Å². The first-order valence-electron chi connectivity index (χ1n) is 9.19. The van der Waals surface area contributed by atoms with Crippen LogP contribution in [0.25, 0.3) is 0 Å². The van der Waals surface area contributed by atoms with Crippen molar-refractivity contribution in [2.75, 3.05) is 19.7 Å². The molecule has 0 aliphatic carbocycles. The Labute approximate surface area is 168 Å². The molecule has 150 valence electrons. The highest BCUT2D eigenvalue weighted by Crippen LogP contribution is 2.22. The van der Waals surface area contributed by atoms with E-state index in [4.69, 9.17) is 16.3 Å². The zero-order valence-electron chi connectivity index (χ0n) is 15.9. The summed E-state index contributed by atoms with van der Waals surface area (Å²) < 4.78 is 31.8. The van der Waals surface area contributed by atoms with Crippen molar-refractivity contribution in [3.8, 4) is 5.75 Å². The van der Waals surface area contributed by atoms with Gasteiger partial charge in [-0.2, -0.15) is 0 Å². The van der Waals surface area contributed by atoms with Gasteiger partial charge in [-0.15, -0.1) is 0 Å². The first-order chi connectivity index (χ1) is 13.3. The fourth-order valence-electron chi connectivity index (χ4n) is 3.38. The lowest BCUT2D eigenvalue weighted by Gasteiger charge is -2.44. The molecule has 0 saturated carbocycles. The molecule has 1 aliphatic heterocycles. The number of nitrogens with zero attached hydrogens (tertiary/aromatic N) is 2. The van der Waals surface area contributed by atoms with Gasteiger partial charge in [0.1, 0.15) is 17.4 Å². The predicted molar refractivity (Wildman–Crippen MR) is 104 cm³/mol. The largest absolute Gasteiger partial charge is 0.484 e. The summed E-state index contributed by atoms with van der Waals surface area (Å²) in [7, 11) is 0. The summed E-state index contributed by atoms with van der Waals surface area (Å²) in [5.74, 6) is -0.542. The van der Waals surface area contributed by atoms with Gasteiger partial charge < -0.3 is 9.64 Å². The molecule has 0 spiro atoms. The van der Waals surface area contributed by atoms with E-state index in [1.54, 1.807) is 17.0 Å². The highest BCUT2D eigenvalue weighted by atomic mass is 35.5. The Hall–Kier alpha value is -2.18. The van der Waals surface area contributed by atoms with Crippen LogP contribution in [-0.2, 0) is 11.3 Å². The molecule has 0 radical (unpaired) electrons. The summed E-state index contributed by atoms with van der Waals surface area (Å²) in [6.07, 6.45) is 0. The van der Waals surface area contributed by atoms with Gasteiger partial charge in [-0.25, -0.2) is 8.78 Å². The maximum Gasteiger partial charge on any atom is 0.260 e. The Morgan fingerprint density at radius 1 is 1.11 bits per heavy atom. The third-order valence-electron chi connectivity index (χ3n) is 4.99.